The van der Waals surface area contributed by atoms with Gasteiger partial charge >= 0.3 is 12.2 Å². The monoisotopic (exact) mass is 442 g/mol. The molecule has 3 aromatic rings. The lowest BCUT2D eigenvalue weighted by Crippen LogP contribution is -2.16. The van der Waals surface area contributed by atoms with Crippen molar-refractivity contribution >= 4 is 24.0 Å². The number of ether oxygens (including phenoxy) is 1. The van der Waals surface area contributed by atoms with Crippen LogP contribution in [-0.4, -0.2) is 17.4 Å². The number of hydrogen-bond donors (Lipinski definition) is 1. The van der Waals surface area contributed by atoms with E-state index in [-0.39, 0.29) is 12.3 Å². The SMILES string of the molecule is CC1=Cc2ccc(C#Cc3onc(C)c3NC(=O)OC(C)c3ccccc3)cc2C1.O=C=O. The first-order valence-corrected chi connectivity index (χ1v) is 10.2. The molecule has 1 aliphatic carbocycles. The lowest BCUT2D eigenvalue weighted by atomic mass is 10.1. The molecule has 0 radical (unpaired) electrons. The lowest BCUT2D eigenvalue weighted by molar-refractivity contribution is -0.191. The first-order chi connectivity index (χ1) is 15.9. The van der Waals surface area contributed by atoms with Gasteiger partial charge in [-0.1, -0.05) is 59.1 Å². The minimum atomic E-state index is -0.584. The number of benzene rings is 2. The Hall–Kier alpha value is -4.40. The van der Waals surface area contributed by atoms with E-state index in [1.54, 1.807) is 6.92 Å². The summed E-state index contributed by atoms with van der Waals surface area (Å²) in [5.41, 5.74) is 6.61. The van der Waals surface area contributed by atoms with E-state index in [0.29, 0.717) is 17.1 Å². The number of nitrogens with zero attached hydrogens (tertiary/aromatic N) is 1. The van der Waals surface area contributed by atoms with Gasteiger partial charge in [0.05, 0.1) is 0 Å². The Kier molecular flexibility index (Phi) is 7.59. The summed E-state index contributed by atoms with van der Waals surface area (Å²) in [6.45, 7) is 5.69. The van der Waals surface area contributed by atoms with Crippen LogP contribution in [0.2, 0.25) is 0 Å². The van der Waals surface area contributed by atoms with Gasteiger partial charge in [-0.15, -0.1) is 0 Å². The zero-order valence-corrected chi connectivity index (χ0v) is 18.5. The van der Waals surface area contributed by atoms with Gasteiger partial charge in [-0.3, -0.25) is 5.32 Å². The average molecular weight is 442 g/mol. The molecule has 0 fully saturated rings. The van der Waals surface area contributed by atoms with Crippen molar-refractivity contribution in [2.24, 2.45) is 0 Å². The lowest BCUT2D eigenvalue weighted by Gasteiger charge is -2.13. The van der Waals surface area contributed by atoms with Crippen molar-refractivity contribution in [2.75, 3.05) is 5.32 Å². The number of nitrogens with one attached hydrogen (secondary N) is 1. The molecule has 1 aromatic heterocycles. The van der Waals surface area contributed by atoms with Crippen LogP contribution in [0.4, 0.5) is 10.5 Å². The molecular weight excluding hydrogens is 420 g/mol. The van der Waals surface area contributed by atoms with Crippen LogP contribution in [0.5, 0.6) is 0 Å². The van der Waals surface area contributed by atoms with Crippen molar-refractivity contribution in [1.29, 1.82) is 0 Å². The molecule has 7 nitrogen and oxygen atoms in total. The molecule has 1 N–H and O–H groups in total. The first-order valence-electron chi connectivity index (χ1n) is 10.2. The first kappa shape index (κ1) is 23.3. The second-order valence-electron chi connectivity index (χ2n) is 7.47. The van der Waals surface area contributed by atoms with E-state index in [2.05, 4.69) is 47.4 Å². The maximum Gasteiger partial charge on any atom is 0.412 e. The van der Waals surface area contributed by atoms with E-state index >= 15 is 0 Å². The third-order valence-corrected chi connectivity index (χ3v) is 4.98. The van der Waals surface area contributed by atoms with Crippen molar-refractivity contribution < 1.29 is 23.6 Å². The van der Waals surface area contributed by atoms with Crippen LogP contribution in [0.3, 0.4) is 0 Å². The molecule has 7 heteroatoms. The van der Waals surface area contributed by atoms with Gasteiger partial charge in [0, 0.05) is 5.56 Å². The molecule has 0 saturated heterocycles. The molecule has 0 saturated carbocycles. The standard InChI is InChI=1S/C25H22N2O3.CO2/c1-16-13-21-11-9-19(15-22(21)14-16)10-12-23-24(17(2)27-30-23)26-25(28)29-18(3)20-7-5-4-6-8-20;2-1-3/h4-9,11,13,15,18H,14H2,1-3H3,(H,26,28);. The Morgan fingerprint density at radius 1 is 1.12 bits per heavy atom. The molecule has 1 unspecified atom stereocenters. The number of fused-ring (bicyclic) bond motifs is 1. The topological polar surface area (TPSA) is 98.5 Å². The highest BCUT2D eigenvalue weighted by atomic mass is 16.6. The van der Waals surface area contributed by atoms with Gasteiger partial charge in [0.2, 0.25) is 5.76 Å². The van der Waals surface area contributed by atoms with Gasteiger partial charge in [0.25, 0.3) is 0 Å². The molecule has 2 aromatic carbocycles. The van der Waals surface area contributed by atoms with Crippen LogP contribution in [-0.2, 0) is 20.7 Å². The van der Waals surface area contributed by atoms with Crippen molar-refractivity contribution in [3.63, 3.8) is 0 Å². The minimum absolute atomic E-state index is 0.250. The van der Waals surface area contributed by atoms with Crippen LogP contribution >= 0.6 is 0 Å². The summed E-state index contributed by atoms with van der Waals surface area (Å²) in [7, 11) is 0. The van der Waals surface area contributed by atoms with Crippen molar-refractivity contribution in [2.45, 2.75) is 33.3 Å². The highest BCUT2D eigenvalue weighted by Crippen LogP contribution is 2.26. The van der Waals surface area contributed by atoms with Gasteiger partial charge in [-0.05, 0) is 61.9 Å². The number of carbonyl (C=O) groups excluding carboxylic acids is 3. The van der Waals surface area contributed by atoms with Crippen LogP contribution in [0.25, 0.3) is 6.08 Å². The number of rotatable bonds is 3. The molecule has 1 heterocycles. The highest BCUT2D eigenvalue weighted by molar-refractivity contribution is 5.87. The number of anilines is 1. The second kappa shape index (κ2) is 10.8. The number of allylic oxidation sites excluding steroid dienone is 1. The summed E-state index contributed by atoms with van der Waals surface area (Å²) in [4.78, 5) is 28.6. The van der Waals surface area contributed by atoms with Gasteiger partial charge in [-0.2, -0.15) is 9.59 Å². The maximum absolute atomic E-state index is 12.4. The number of hydrogen-bond acceptors (Lipinski definition) is 6. The summed E-state index contributed by atoms with van der Waals surface area (Å²) in [5, 5.41) is 6.65. The largest absolute Gasteiger partial charge is 0.441 e. The second-order valence-corrected chi connectivity index (χ2v) is 7.47. The van der Waals surface area contributed by atoms with Crippen LogP contribution < -0.4 is 5.32 Å². The predicted molar refractivity (Wildman–Crippen MR) is 121 cm³/mol. The van der Waals surface area contributed by atoms with Gasteiger partial charge < -0.3 is 9.26 Å². The van der Waals surface area contributed by atoms with Crippen molar-refractivity contribution in [3.05, 3.63) is 87.8 Å². The average Bonchev–Trinajstić information content (AvgIpc) is 3.34. The fourth-order valence-electron chi connectivity index (χ4n) is 3.41. The summed E-state index contributed by atoms with van der Waals surface area (Å²) < 4.78 is 10.8. The molecular formula is C26H22N2O5. The maximum atomic E-state index is 12.4. The number of aromatic nitrogens is 1. The van der Waals surface area contributed by atoms with E-state index in [9.17, 15) is 4.79 Å². The molecule has 166 valence electrons. The van der Waals surface area contributed by atoms with Crippen LogP contribution in [0.15, 0.2) is 58.6 Å². The van der Waals surface area contributed by atoms with Crippen molar-refractivity contribution in [3.8, 4) is 11.8 Å². The third-order valence-electron chi connectivity index (χ3n) is 4.98. The Bertz CT molecular complexity index is 1270. The molecule has 1 atom stereocenters. The predicted octanol–water partition coefficient (Wildman–Crippen LogP) is 5.07. The normalized spacial score (nSPS) is 12.0. The highest BCUT2D eigenvalue weighted by Gasteiger charge is 2.17. The molecule has 0 aliphatic heterocycles. The molecule has 1 amide bonds. The Balaban J connectivity index is 0.000000968. The molecule has 0 bridgehead atoms. The van der Waals surface area contributed by atoms with Gasteiger partial charge in [-0.25, -0.2) is 4.79 Å². The minimum Gasteiger partial charge on any atom is -0.441 e. The summed E-state index contributed by atoms with van der Waals surface area (Å²) in [5.74, 6) is 6.37. The molecule has 4 rings (SSSR count). The summed E-state index contributed by atoms with van der Waals surface area (Å²) in [6.07, 6.45) is 2.42. The van der Waals surface area contributed by atoms with Gasteiger partial charge in [0.1, 0.15) is 17.5 Å². The van der Waals surface area contributed by atoms with Crippen LogP contribution in [0, 0.1) is 18.8 Å². The Morgan fingerprint density at radius 2 is 1.85 bits per heavy atom. The third kappa shape index (κ3) is 6.07. The van der Waals surface area contributed by atoms with E-state index in [0.717, 1.165) is 17.5 Å². The zero-order valence-electron chi connectivity index (χ0n) is 18.5. The molecule has 0 spiro atoms. The van der Waals surface area contributed by atoms with E-state index in [1.807, 2.05) is 43.3 Å². The number of amides is 1. The molecule has 33 heavy (non-hydrogen) atoms. The zero-order chi connectivity index (χ0) is 23.8. The summed E-state index contributed by atoms with van der Waals surface area (Å²) >= 11 is 0. The van der Waals surface area contributed by atoms with Gasteiger partial charge in [0.15, 0.2) is 0 Å². The number of carbonyl (C=O) groups is 1. The van der Waals surface area contributed by atoms with E-state index < -0.39 is 6.09 Å². The fraction of sp³-hybridized carbons (Fsp3) is 0.192. The van der Waals surface area contributed by atoms with Crippen molar-refractivity contribution in [1.82, 2.24) is 5.16 Å². The quantitative estimate of drug-likeness (QED) is 0.569. The smallest absolute Gasteiger partial charge is 0.412 e. The summed E-state index contributed by atoms with van der Waals surface area (Å²) in [6, 6.07) is 15.7. The molecule has 1 aliphatic rings. The fourth-order valence-corrected chi connectivity index (χ4v) is 3.41. The van der Waals surface area contributed by atoms with E-state index in [1.165, 1.54) is 16.7 Å². The van der Waals surface area contributed by atoms with Crippen LogP contribution in [0.1, 0.15) is 53.7 Å². The Morgan fingerprint density at radius 3 is 2.58 bits per heavy atom. The Labute approximate surface area is 191 Å². The number of aryl methyl sites for hydroxylation is 1. The van der Waals surface area contributed by atoms with E-state index in [4.69, 9.17) is 18.8 Å².